The predicted molar refractivity (Wildman–Crippen MR) is 78.9 cm³/mol. The Balaban J connectivity index is 1.87. The second-order valence-electron chi connectivity index (χ2n) is 4.41. The highest BCUT2D eigenvalue weighted by molar-refractivity contribution is 5.83. The lowest BCUT2D eigenvalue weighted by Gasteiger charge is -2.09. The van der Waals surface area contributed by atoms with Crippen LogP contribution in [0.25, 0.3) is 11.2 Å². The molecule has 3 N–H and O–H groups in total. The van der Waals surface area contributed by atoms with Crippen LogP contribution in [0, 0.1) is 0 Å². The summed E-state index contributed by atoms with van der Waals surface area (Å²) < 4.78 is 1.98. The summed E-state index contributed by atoms with van der Waals surface area (Å²) in [5, 5.41) is 14.4. The smallest absolute Gasteiger partial charge is 0.226 e. The highest BCUT2D eigenvalue weighted by atomic mass is 15.3. The molecule has 0 aliphatic heterocycles. The van der Waals surface area contributed by atoms with E-state index in [1.807, 2.05) is 18.4 Å². The maximum atomic E-state index is 4.46. The highest BCUT2D eigenvalue weighted by Crippen LogP contribution is 2.19. The number of anilines is 2. The van der Waals surface area contributed by atoms with Gasteiger partial charge in [0, 0.05) is 13.1 Å². The number of aryl methyl sites for hydroxylation is 1. The Morgan fingerprint density at radius 1 is 1.24 bits per heavy atom. The van der Waals surface area contributed by atoms with Gasteiger partial charge in [0.15, 0.2) is 17.3 Å². The lowest BCUT2D eigenvalue weighted by Crippen LogP contribution is -2.10. The number of hydrogen-bond acceptors (Lipinski definition) is 7. The molecule has 3 heterocycles. The van der Waals surface area contributed by atoms with Crippen LogP contribution in [0.3, 0.4) is 0 Å². The molecule has 110 valence electrons. The number of hydrogen-bond donors (Lipinski definition) is 3. The van der Waals surface area contributed by atoms with Gasteiger partial charge in [0.25, 0.3) is 0 Å². The normalized spacial score (nSPS) is 11.0. The first-order valence-corrected chi connectivity index (χ1v) is 6.87. The van der Waals surface area contributed by atoms with Crippen molar-refractivity contribution < 1.29 is 0 Å². The molecule has 0 radical (unpaired) electrons. The monoisotopic (exact) mass is 287 g/mol. The molecular weight excluding hydrogens is 270 g/mol. The van der Waals surface area contributed by atoms with Gasteiger partial charge in [-0.25, -0.2) is 4.98 Å². The molecule has 0 atom stereocenters. The lowest BCUT2D eigenvalue weighted by molar-refractivity contribution is 0.707. The molecule has 0 unspecified atom stereocenters. The molecule has 9 nitrogen and oxygen atoms in total. The van der Waals surface area contributed by atoms with E-state index in [0.717, 1.165) is 24.4 Å². The molecule has 3 aromatic heterocycles. The largest absolute Gasteiger partial charge is 0.361 e. The van der Waals surface area contributed by atoms with E-state index in [0.29, 0.717) is 24.0 Å². The van der Waals surface area contributed by atoms with Gasteiger partial charge in [-0.1, -0.05) is 0 Å². The standard InChI is InChI=1S/C12H17N9/c1-3-13-12-18-10(9-11(19-12)16-6-15-9)14-5-8-20-17-7-21(8)4-2/h6-7H,3-5H2,1-2H3,(H3,13,14,15,16,18,19). The van der Waals surface area contributed by atoms with Crippen molar-refractivity contribution in [3.63, 3.8) is 0 Å². The SMILES string of the molecule is CCNc1nc(NCc2nncn2CC)c2[nH]cnc2n1. The summed E-state index contributed by atoms with van der Waals surface area (Å²) >= 11 is 0. The van der Waals surface area contributed by atoms with Crippen LogP contribution in [0.15, 0.2) is 12.7 Å². The second kappa shape index (κ2) is 5.73. The molecule has 3 rings (SSSR count). The Kier molecular flexibility index (Phi) is 3.63. The van der Waals surface area contributed by atoms with E-state index in [-0.39, 0.29) is 0 Å². The highest BCUT2D eigenvalue weighted by Gasteiger charge is 2.10. The number of nitrogens with zero attached hydrogens (tertiary/aromatic N) is 6. The van der Waals surface area contributed by atoms with Crippen LogP contribution >= 0.6 is 0 Å². The molecule has 0 aliphatic carbocycles. The average molecular weight is 287 g/mol. The first-order valence-electron chi connectivity index (χ1n) is 6.87. The molecule has 0 fully saturated rings. The van der Waals surface area contributed by atoms with E-state index < -0.39 is 0 Å². The number of imidazole rings is 1. The summed E-state index contributed by atoms with van der Waals surface area (Å²) in [5.41, 5.74) is 1.40. The fraction of sp³-hybridized carbons (Fsp3) is 0.417. The Morgan fingerprint density at radius 2 is 2.14 bits per heavy atom. The number of aromatic amines is 1. The van der Waals surface area contributed by atoms with Gasteiger partial charge >= 0.3 is 0 Å². The number of aromatic nitrogens is 7. The number of fused-ring (bicyclic) bond motifs is 1. The van der Waals surface area contributed by atoms with Gasteiger partial charge < -0.3 is 20.2 Å². The summed E-state index contributed by atoms with van der Waals surface area (Å²) in [4.78, 5) is 16.0. The third kappa shape index (κ3) is 2.62. The molecule has 3 aromatic rings. The van der Waals surface area contributed by atoms with Gasteiger partial charge in [-0.2, -0.15) is 9.97 Å². The number of rotatable bonds is 6. The van der Waals surface area contributed by atoms with Gasteiger partial charge in [-0.15, -0.1) is 10.2 Å². The summed E-state index contributed by atoms with van der Waals surface area (Å²) in [6.45, 7) is 6.16. The van der Waals surface area contributed by atoms with Gasteiger partial charge in [0.1, 0.15) is 11.8 Å². The van der Waals surface area contributed by atoms with Crippen LogP contribution < -0.4 is 10.6 Å². The van der Waals surface area contributed by atoms with Crippen LogP contribution in [0.5, 0.6) is 0 Å². The van der Waals surface area contributed by atoms with E-state index in [4.69, 9.17) is 0 Å². The molecule has 9 heteroatoms. The van der Waals surface area contributed by atoms with Crippen molar-refractivity contribution in [2.75, 3.05) is 17.2 Å². The van der Waals surface area contributed by atoms with Crippen molar-refractivity contribution in [2.45, 2.75) is 26.9 Å². The average Bonchev–Trinajstić information content (AvgIpc) is 3.13. The van der Waals surface area contributed by atoms with Gasteiger partial charge in [0.2, 0.25) is 5.95 Å². The zero-order valence-electron chi connectivity index (χ0n) is 12.0. The molecule has 0 aromatic carbocycles. The third-order valence-corrected chi connectivity index (χ3v) is 3.07. The first-order chi connectivity index (χ1) is 10.3. The van der Waals surface area contributed by atoms with E-state index in [9.17, 15) is 0 Å². The fourth-order valence-electron chi connectivity index (χ4n) is 2.04. The van der Waals surface area contributed by atoms with E-state index in [1.165, 1.54) is 0 Å². The molecule has 0 spiro atoms. The topological polar surface area (TPSA) is 109 Å². The molecular formula is C12H17N9. The summed E-state index contributed by atoms with van der Waals surface area (Å²) in [6, 6.07) is 0. The maximum absolute atomic E-state index is 4.46. The second-order valence-corrected chi connectivity index (χ2v) is 4.41. The minimum absolute atomic E-state index is 0.532. The van der Waals surface area contributed by atoms with Gasteiger partial charge in [-0.05, 0) is 13.8 Å². The van der Waals surface area contributed by atoms with Gasteiger partial charge in [0.05, 0.1) is 12.9 Å². The first kappa shape index (κ1) is 13.3. The zero-order chi connectivity index (χ0) is 14.7. The fourth-order valence-corrected chi connectivity index (χ4v) is 2.04. The minimum Gasteiger partial charge on any atom is -0.361 e. The van der Waals surface area contributed by atoms with Crippen LogP contribution in [-0.4, -0.2) is 41.2 Å². The molecule has 0 saturated heterocycles. The number of nitrogens with one attached hydrogen (secondary N) is 3. The van der Waals surface area contributed by atoms with E-state index in [1.54, 1.807) is 12.7 Å². The van der Waals surface area contributed by atoms with Crippen LogP contribution in [-0.2, 0) is 13.1 Å². The van der Waals surface area contributed by atoms with Crippen LogP contribution in [0.1, 0.15) is 19.7 Å². The van der Waals surface area contributed by atoms with Crippen molar-refractivity contribution in [3.05, 3.63) is 18.5 Å². The van der Waals surface area contributed by atoms with E-state index >= 15 is 0 Å². The van der Waals surface area contributed by atoms with Crippen molar-refractivity contribution in [1.82, 2.24) is 34.7 Å². The third-order valence-electron chi connectivity index (χ3n) is 3.07. The Bertz CT molecular complexity index is 729. The quantitative estimate of drug-likeness (QED) is 0.620. The molecule has 0 bridgehead atoms. The Labute approximate surface area is 121 Å². The van der Waals surface area contributed by atoms with Crippen LogP contribution in [0.4, 0.5) is 11.8 Å². The van der Waals surface area contributed by atoms with Crippen LogP contribution in [0.2, 0.25) is 0 Å². The van der Waals surface area contributed by atoms with Crippen molar-refractivity contribution in [3.8, 4) is 0 Å². The summed E-state index contributed by atoms with van der Waals surface area (Å²) in [6.07, 6.45) is 3.32. The molecule has 0 amide bonds. The van der Waals surface area contributed by atoms with E-state index in [2.05, 4.69) is 40.8 Å². The number of H-pyrrole nitrogens is 1. The Hall–Kier alpha value is -2.71. The Morgan fingerprint density at radius 3 is 2.95 bits per heavy atom. The van der Waals surface area contributed by atoms with Crippen molar-refractivity contribution in [1.29, 1.82) is 0 Å². The minimum atomic E-state index is 0.532. The molecule has 0 saturated carbocycles. The summed E-state index contributed by atoms with van der Waals surface area (Å²) in [5.74, 6) is 2.10. The maximum Gasteiger partial charge on any atom is 0.226 e. The zero-order valence-corrected chi connectivity index (χ0v) is 12.0. The van der Waals surface area contributed by atoms with Crippen molar-refractivity contribution in [2.24, 2.45) is 0 Å². The molecule has 21 heavy (non-hydrogen) atoms. The molecule has 0 aliphatic rings. The predicted octanol–water partition coefficient (Wildman–Crippen LogP) is 1.01. The lowest BCUT2D eigenvalue weighted by atomic mass is 10.4. The van der Waals surface area contributed by atoms with Gasteiger partial charge in [-0.3, -0.25) is 0 Å². The summed E-state index contributed by atoms with van der Waals surface area (Å²) in [7, 11) is 0. The van der Waals surface area contributed by atoms with Crippen molar-refractivity contribution >= 4 is 22.9 Å².